The zero-order valence-corrected chi connectivity index (χ0v) is 12.0. The average Bonchev–Trinajstić information content (AvgIpc) is 2.44. The van der Waals surface area contributed by atoms with Crippen LogP contribution < -0.4 is 10.3 Å². The number of para-hydroxylation sites is 1. The van der Waals surface area contributed by atoms with Crippen LogP contribution in [0.2, 0.25) is 0 Å². The summed E-state index contributed by atoms with van der Waals surface area (Å²) in [6, 6.07) is 10.8. The molecule has 21 heavy (non-hydrogen) atoms. The Morgan fingerprint density at radius 3 is 2.67 bits per heavy atom. The maximum absolute atomic E-state index is 12.1. The van der Waals surface area contributed by atoms with E-state index in [1.807, 2.05) is 37.3 Å². The number of hydrogen-bond acceptors (Lipinski definition) is 4. The zero-order chi connectivity index (χ0) is 15.4. The van der Waals surface area contributed by atoms with Crippen LogP contribution in [0.3, 0.4) is 0 Å². The molecule has 0 atom stereocenters. The summed E-state index contributed by atoms with van der Waals surface area (Å²) in [6.45, 7) is 3.95. The number of nitriles is 1. The molecule has 5 nitrogen and oxygen atoms in total. The van der Waals surface area contributed by atoms with E-state index in [0.29, 0.717) is 5.56 Å². The molecule has 0 saturated carbocycles. The van der Waals surface area contributed by atoms with E-state index < -0.39 is 5.56 Å². The van der Waals surface area contributed by atoms with Crippen LogP contribution in [0, 0.1) is 25.2 Å². The number of aryl methyl sites for hydroxylation is 2. The minimum absolute atomic E-state index is 0.0451. The lowest BCUT2D eigenvalue weighted by Gasteiger charge is -2.12. The van der Waals surface area contributed by atoms with E-state index in [0.717, 1.165) is 15.9 Å². The fourth-order valence-corrected chi connectivity index (χ4v) is 2.07. The minimum atomic E-state index is -0.497. The number of hydrogen-bond donors (Lipinski definition) is 1. The quantitative estimate of drug-likeness (QED) is 0.933. The molecular formula is C16H16N2O3. The fraction of sp³-hybridized carbons (Fsp3) is 0.250. The molecule has 0 unspecified atom stereocenters. The Morgan fingerprint density at radius 1 is 1.29 bits per heavy atom. The fourth-order valence-electron chi connectivity index (χ4n) is 2.07. The monoisotopic (exact) mass is 284 g/mol. The van der Waals surface area contributed by atoms with Crippen molar-refractivity contribution in [2.45, 2.75) is 20.4 Å². The molecule has 1 heterocycles. The third-order valence-corrected chi connectivity index (χ3v) is 3.25. The molecule has 1 aromatic carbocycles. The van der Waals surface area contributed by atoms with Gasteiger partial charge in [0, 0.05) is 6.07 Å². The van der Waals surface area contributed by atoms with Crippen molar-refractivity contribution >= 4 is 0 Å². The second-order valence-corrected chi connectivity index (χ2v) is 4.74. The van der Waals surface area contributed by atoms with Crippen molar-refractivity contribution in [1.82, 2.24) is 4.57 Å². The summed E-state index contributed by atoms with van der Waals surface area (Å²) in [5, 5.41) is 18.8. The molecular weight excluding hydrogens is 268 g/mol. The Labute approximate surface area is 122 Å². The Morgan fingerprint density at radius 2 is 2.00 bits per heavy atom. The molecule has 108 valence electrons. The predicted molar refractivity (Wildman–Crippen MR) is 78.5 cm³/mol. The van der Waals surface area contributed by atoms with E-state index in [9.17, 15) is 9.90 Å². The van der Waals surface area contributed by atoms with Crippen LogP contribution in [0.25, 0.3) is 0 Å². The summed E-state index contributed by atoms with van der Waals surface area (Å²) < 4.78 is 6.74. The molecule has 0 fully saturated rings. The second-order valence-electron chi connectivity index (χ2n) is 4.74. The normalized spacial score (nSPS) is 10.1. The van der Waals surface area contributed by atoms with Gasteiger partial charge in [-0.2, -0.15) is 5.26 Å². The van der Waals surface area contributed by atoms with Gasteiger partial charge < -0.3 is 9.84 Å². The first-order valence-electron chi connectivity index (χ1n) is 6.56. The number of rotatable bonds is 4. The van der Waals surface area contributed by atoms with Crippen LogP contribution in [0.5, 0.6) is 11.6 Å². The van der Waals surface area contributed by atoms with Gasteiger partial charge in [0.25, 0.3) is 5.56 Å². The van der Waals surface area contributed by atoms with Gasteiger partial charge in [-0.25, -0.2) is 0 Å². The van der Waals surface area contributed by atoms with Gasteiger partial charge in [0.2, 0.25) is 0 Å². The zero-order valence-electron chi connectivity index (χ0n) is 12.0. The lowest BCUT2D eigenvalue weighted by Crippen LogP contribution is -2.26. The summed E-state index contributed by atoms with van der Waals surface area (Å²) in [7, 11) is 0. The van der Waals surface area contributed by atoms with E-state index >= 15 is 0 Å². The standard InChI is InChI=1S/C16H16N2O3/c1-11-5-3-4-6-14(11)21-8-7-18-15(19)9-12(2)13(10-17)16(18)20/h3-6,9,19H,7-8H2,1-2H3. The summed E-state index contributed by atoms with van der Waals surface area (Å²) in [4.78, 5) is 12.1. The van der Waals surface area contributed by atoms with Crippen molar-refractivity contribution in [2.24, 2.45) is 0 Å². The first-order chi connectivity index (χ1) is 10.0. The topological polar surface area (TPSA) is 75.2 Å². The summed E-state index contributed by atoms with van der Waals surface area (Å²) in [5.41, 5.74) is 1.01. The third kappa shape index (κ3) is 3.06. The van der Waals surface area contributed by atoms with Crippen molar-refractivity contribution < 1.29 is 9.84 Å². The van der Waals surface area contributed by atoms with Crippen molar-refractivity contribution in [2.75, 3.05) is 6.61 Å². The molecule has 1 aromatic heterocycles. The Hall–Kier alpha value is -2.74. The van der Waals surface area contributed by atoms with E-state index in [4.69, 9.17) is 10.00 Å². The van der Waals surface area contributed by atoms with Crippen molar-refractivity contribution in [3.05, 3.63) is 57.4 Å². The molecule has 2 aromatic rings. The largest absolute Gasteiger partial charge is 0.494 e. The lowest BCUT2D eigenvalue weighted by atomic mass is 10.1. The van der Waals surface area contributed by atoms with E-state index in [1.54, 1.807) is 6.92 Å². The highest BCUT2D eigenvalue weighted by Gasteiger charge is 2.11. The molecule has 0 aliphatic rings. The van der Waals surface area contributed by atoms with Gasteiger partial charge in [0.1, 0.15) is 24.0 Å². The van der Waals surface area contributed by atoms with E-state index in [2.05, 4.69) is 0 Å². The number of aromatic nitrogens is 1. The Balaban J connectivity index is 2.17. The SMILES string of the molecule is Cc1ccccc1OCCn1c(O)cc(C)c(C#N)c1=O. The summed E-state index contributed by atoms with van der Waals surface area (Å²) >= 11 is 0. The third-order valence-electron chi connectivity index (χ3n) is 3.25. The van der Waals surface area contributed by atoms with Crippen LogP contribution in [-0.4, -0.2) is 16.3 Å². The number of pyridine rings is 1. The molecule has 5 heteroatoms. The van der Waals surface area contributed by atoms with Gasteiger partial charge in [-0.3, -0.25) is 9.36 Å². The van der Waals surface area contributed by atoms with Crippen molar-refractivity contribution in [3.8, 4) is 17.7 Å². The van der Waals surface area contributed by atoms with Gasteiger partial charge in [0.05, 0.1) is 6.54 Å². The highest BCUT2D eigenvalue weighted by atomic mass is 16.5. The summed E-state index contributed by atoms with van der Waals surface area (Å²) in [6.07, 6.45) is 0. The van der Waals surface area contributed by atoms with Gasteiger partial charge in [-0.1, -0.05) is 18.2 Å². The van der Waals surface area contributed by atoms with Crippen LogP contribution >= 0.6 is 0 Å². The van der Waals surface area contributed by atoms with E-state index in [-0.39, 0.29) is 24.6 Å². The van der Waals surface area contributed by atoms with Crippen LogP contribution in [0.1, 0.15) is 16.7 Å². The molecule has 2 rings (SSSR count). The highest BCUT2D eigenvalue weighted by molar-refractivity contribution is 5.37. The van der Waals surface area contributed by atoms with Crippen molar-refractivity contribution in [1.29, 1.82) is 5.26 Å². The predicted octanol–water partition coefficient (Wildman–Crippen LogP) is 2.12. The number of benzene rings is 1. The lowest BCUT2D eigenvalue weighted by molar-refractivity contribution is 0.282. The second kappa shape index (κ2) is 6.14. The first kappa shape index (κ1) is 14.7. The molecule has 0 radical (unpaired) electrons. The number of aromatic hydroxyl groups is 1. The molecule has 0 spiro atoms. The minimum Gasteiger partial charge on any atom is -0.494 e. The molecule has 1 N–H and O–H groups in total. The Kier molecular flexibility index (Phi) is 4.29. The van der Waals surface area contributed by atoms with Gasteiger partial charge in [-0.15, -0.1) is 0 Å². The van der Waals surface area contributed by atoms with Crippen molar-refractivity contribution in [3.63, 3.8) is 0 Å². The van der Waals surface area contributed by atoms with E-state index in [1.165, 1.54) is 6.07 Å². The summed E-state index contributed by atoms with van der Waals surface area (Å²) in [5.74, 6) is 0.572. The molecule has 0 saturated heterocycles. The van der Waals surface area contributed by atoms with Gasteiger partial charge in [-0.05, 0) is 31.0 Å². The smallest absolute Gasteiger partial charge is 0.271 e. The highest BCUT2D eigenvalue weighted by Crippen LogP contribution is 2.16. The van der Waals surface area contributed by atoms with Gasteiger partial charge in [0.15, 0.2) is 5.88 Å². The molecule has 0 aliphatic heterocycles. The molecule has 0 bridgehead atoms. The van der Waals surface area contributed by atoms with Crippen LogP contribution in [-0.2, 0) is 6.54 Å². The first-order valence-corrected chi connectivity index (χ1v) is 6.56. The average molecular weight is 284 g/mol. The maximum atomic E-state index is 12.1. The van der Waals surface area contributed by atoms with Gasteiger partial charge >= 0.3 is 0 Å². The van der Waals surface area contributed by atoms with Crippen LogP contribution in [0.4, 0.5) is 0 Å². The number of nitrogens with zero attached hydrogens (tertiary/aromatic N) is 2. The molecule has 0 aliphatic carbocycles. The number of ether oxygens (including phenoxy) is 1. The maximum Gasteiger partial charge on any atom is 0.271 e. The Bertz CT molecular complexity index is 757. The molecule has 0 amide bonds. The van der Waals surface area contributed by atoms with Crippen LogP contribution in [0.15, 0.2) is 35.1 Å².